The molecule has 0 aliphatic carbocycles. The molecule has 15 heavy (non-hydrogen) atoms. The number of ether oxygens (including phenoxy) is 1. The highest BCUT2D eigenvalue weighted by molar-refractivity contribution is 6.08. The van der Waals surface area contributed by atoms with Gasteiger partial charge in [-0.2, -0.15) is 0 Å². The summed E-state index contributed by atoms with van der Waals surface area (Å²) in [6.45, 7) is 0.545. The van der Waals surface area contributed by atoms with E-state index in [0.717, 1.165) is 12.8 Å². The van der Waals surface area contributed by atoms with Crippen LogP contribution >= 0.6 is 0 Å². The van der Waals surface area contributed by atoms with Gasteiger partial charge in [-0.15, -0.1) is 0 Å². The zero-order chi connectivity index (χ0) is 11.7. The van der Waals surface area contributed by atoms with E-state index in [1.165, 1.54) is 0 Å². The minimum atomic E-state index is -1.12. The normalized spacial score (nSPS) is 14.8. The number of carboxylic acid groups (broad SMARTS) is 1. The van der Waals surface area contributed by atoms with Gasteiger partial charge in [-0.25, -0.2) is 0 Å². The van der Waals surface area contributed by atoms with Crippen LogP contribution in [0.3, 0.4) is 0 Å². The molecular weight excluding hydrogens is 193 g/mol. The van der Waals surface area contributed by atoms with E-state index in [-0.39, 0.29) is 0 Å². The zero-order valence-corrected chi connectivity index (χ0v) is 9.37. The molecule has 0 saturated heterocycles. The standard InChI is InChI=1S/C10H20BNO3/c1-15-8-4-6-10(12,9(13)14)5-2-3-7-11/h2-8,12H2,1H3,(H,13,14). The Morgan fingerprint density at radius 2 is 2.00 bits per heavy atom. The smallest absolute Gasteiger partial charge is 0.323 e. The van der Waals surface area contributed by atoms with Crippen molar-refractivity contribution in [2.75, 3.05) is 13.7 Å². The first kappa shape index (κ1) is 14.5. The van der Waals surface area contributed by atoms with Gasteiger partial charge in [0.15, 0.2) is 0 Å². The van der Waals surface area contributed by atoms with Crippen LogP contribution in [0.5, 0.6) is 0 Å². The van der Waals surface area contributed by atoms with Crippen LogP contribution in [-0.4, -0.2) is 38.2 Å². The van der Waals surface area contributed by atoms with Crippen molar-refractivity contribution in [3.05, 3.63) is 0 Å². The van der Waals surface area contributed by atoms with Gasteiger partial charge in [0, 0.05) is 13.7 Å². The molecule has 3 N–H and O–H groups in total. The minimum absolute atomic E-state index is 0.445. The third-order valence-electron chi connectivity index (χ3n) is 2.47. The van der Waals surface area contributed by atoms with E-state index in [1.807, 2.05) is 0 Å². The van der Waals surface area contributed by atoms with Gasteiger partial charge in [0.1, 0.15) is 5.54 Å². The first-order valence-corrected chi connectivity index (χ1v) is 5.28. The predicted octanol–water partition coefficient (Wildman–Crippen LogP) is 0.952. The van der Waals surface area contributed by atoms with E-state index in [4.69, 9.17) is 23.4 Å². The van der Waals surface area contributed by atoms with Crippen molar-refractivity contribution in [3.63, 3.8) is 0 Å². The van der Waals surface area contributed by atoms with Gasteiger partial charge >= 0.3 is 5.97 Å². The van der Waals surface area contributed by atoms with Gasteiger partial charge in [-0.05, 0) is 19.3 Å². The summed E-state index contributed by atoms with van der Waals surface area (Å²) in [6, 6.07) is 0. The molecule has 5 heteroatoms. The van der Waals surface area contributed by atoms with Crippen molar-refractivity contribution < 1.29 is 14.6 Å². The fraction of sp³-hybridized carbons (Fsp3) is 0.900. The molecular formula is C10H20BNO3. The summed E-state index contributed by atoms with van der Waals surface area (Å²) in [5.41, 5.74) is 4.71. The molecule has 0 amide bonds. The molecule has 0 aromatic heterocycles. The third-order valence-corrected chi connectivity index (χ3v) is 2.47. The molecule has 0 spiro atoms. The van der Waals surface area contributed by atoms with Gasteiger partial charge in [0.25, 0.3) is 0 Å². The van der Waals surface area contributed by atoms with Gasteiger partial charge in [-0.3, -0.25) is 4.79 Å². The van der Waals surface area contributed by atoms with Crippen LogP contribution in [0.4, 0.5) is 0 Å². The van der Waals surface area contributed by atoms with Crippen molar-refractivity contribution in [1.29, 1.82) is 0 Å². The number of methoxy groups -OCH3 is 1. The topological polar surface area (TPSA) is 72.5 Å². The molecule has 0 aliphatic rings. The number of aliphatic carboxylic acids is 1. The highest BCUT2D eigenvalue weighted by Crippen LogP contribution is 2.18. The molecule has 0 rings (SSSR count). The maximum absolute atomic E-state index is 11.0. The molecule has 86 valence electrons. The molecule has 1 atom stereocenters. The predicted molar refractivity (Wildman–Crippen MR) is 60.1 cm³/mol. The lowest BCUT2D eigenvalue weighted by atomic mass is 9.87. The SMILES string of the molecule is [B]CCCCC(N)(CCCOC)C(=O)O. The molecule has 0 fully saturated rings. The van der Waals surface area contributed by atoms with E-state index in [2.05, 4.69) is 0 Å². The lowest BCUT2D eigenvalue weighted by molar-refractivity contribution is -0.144. The van der Waals surface area contributed by atoms with Crippen molar-refractivity contribution >= 4 is 13.8 Å². The Morgan fingerprint density at radius 1 is 1.40 bits per heavy atom. The fourth-order valence-corrected chi connectivity index (χ4v) is 1.46. The number of hydrogen-bond acceptors (Lipinski definition) is 3. The summed E-state index contributed by atoms with van der Waals surface area (Å²) >= 11 is 0. The monoisotopic (exact) mass is 213 g/mol. The lowest BCUT2D eigenvalue weighted by Crippen LogP contribution is -2.48. The Labute approximate surface area is 92.6 Å². The molecule has 0 aromatic carbocycles. The highest BCUT2D eigenvalue weighted by Gasteiger charge is 2.32. The van der Waals surface area contributed by atoms with Gasteiger partial charge in [0.05, 0.1) is 7.85 Å². The number of unbranched alkanes of at least 4 members (excludes halogenated alkanes) is 1. The first-order valence-electron chi connectivity index (χ1n) is 5.28. The van der Waals surface area contributed by atoms with E-state index in [0.29, 0.717) is 32.2 Å². The van der Waals surface area contributed by atoms with E-state index in [9.17, 15) is 4.79 Å². The second-order valence-electron chi connectivity index (χ2n) is 3.80. The molecule has 1 unspecified atom stereocenters. The Hall–Kier alpha value is -0.545. The Balaban J connectivity index is 4.01. The number of carboxylic acids is 1. The van der Waals surface area contributed by atoms with E-state index >= 15 is 0 Å². The van der Waals surface area contributed by atoms with Crippen LogP contribution in [-0.2, 0) is 9.53 Å². The molecule has 4 nitrogen and oxygen atoms in total. The molecule has 0 heterocycles. The molecule has 2 radical (unpaired) electrons. The number of nitrogens with two attached hydrogens (primary N) is 1. The van der Waals surface area contributed by atoms with Crippen molar-refractivity contribution in [2.45, 2.75) is 44.0 Å². The van der Waals surface area contributed by atoms with E-state index in [1.54, 1.807) is 7.11 Å². The second-order valence-corrected chi connectivity index (χ2v) is 3.80. The maximum Gasteiger partial charge on any atom is 0.323 e. The van der Waals surface area contributed by atoms with Gasteiger partial charge in [0.2, 0.25) is 0 Å². The average molecular weight is 213 g/mol. The van der Waals surface area contributed by atoms with Crippen molar-refractivity contribution in [2.24, 2.45) is 5.73 Å². The summed E-state index contributed by atoms with van der Waals surface area (Å²) < 4.78 is 4.87. The Kier molecular flexibility index (Phi) is 7.43. The summed E-state index contributed by atoms with van der Waals surface area (Å²) in [5.74, 6) is -0.935. The van der Waals surface area contributed by atoms with Gasteiger partial charge in [-0.1, -0.05) is 19.2 Å². The van der Waals surface area contributed by atoms with Crippen LogP contribution in [0.25, 0.3) is 0 Å². The largest absolute Gasteiger partial charge is 0.480 e. The first-order chi connectivity index (χ1) is 7.06. The van der Waals surface area contributed by atoms with Crippen molar-refractivity contribution in [1.82, 2.24) is 0 Å². The quantitative estimate of drug-likeness (QED) is 0.441. The summed E-state index contributed by atoms with van der Waals surface area (Å²) in [5, 5.41) is 9.03. The van der Waals surface area contributed by atoms with Crippen LogP contribution in [0.15, 0.2) is 0 Å². The minimum Gasteiger partial charge on any atom is -0.480 e. The maximum atomic E-state index is 11.0. The average Bonchev–Trinajstić information content (AvgIpc) is 2.18. The van der Waals surface area contributed by atoms with Crippen LogP contribution in [0, 0.1) is 0 Å². The number of hydrogen-bond donors (Lipinski definition) is 2. The van der Waals surface area contributed by atoms with Crippen LogP contribution < -0.4 is 5.73 Å². The summed E-state index contributed by atoms with van der Waals surface area (Å²) in [6.07, 6.45) is 3.74. The number of carbonyl (C=O) groups is 1. The van der Waals surface area contributed by atoms with Crippen molar-refractivity contribution in [3.8, 4) is 0 Å². The third kappa shape index (κ3) is 5.79. The zero-order valence-electron chi connectivity index (χ0n) is 9.37. The highest BCUT2D eigenvalue weighted by atomic mass is 16.5. The molecule has 0 aromatic rings. The van der Waals surface area contributed by atoms with Gasteiger partial charge < -0.3 is 15.6 Å². The summed E-state index contributed by atoms with van der Waals surface area (Å²) in [7, 11) is 6.94. The lowest BCUT2D eigenvalue weighted by Gasteiger charge is -2.24. The van der Waals surface area contributed by atoms with E-state index < -0.39 is 11.5 Å². The van der Waals surface area contributed by atoms with Crippen LogP contribution in [0.1, 0.15) is 32.1 Å². The fourth-order valence-electron chi connectivity index (χ4n) is 1.46. The Morgan fingerprint density at radius 3 is 2.47 bits per heavy atom. The molecule has 0 saturated carbocycles. The summed E-state index contributed by atoms with van der Waals surface area (Å²) in [4.78, 5) is 11.0. The molecule has 0 bridgehead atoms. The molecule has 0 aliphatic heterocycles. The second kappa shape index (κ2) is 7.71. The van der Waals surface area contributed by atoms with Crippen LogP contribution in [0.2, 0.25) is 6.32 Å². The number of rotatable bonds is 9. The Bertz CT molecular complexity index is 178.